The molecular formula is C17H17NO. The summed E-state index contributed by atoms with van der Waals surface area (Å²) in [6, 6.07) is 14.5. The minimum absolute atomic E-state index is 0.0574. The summed E-state index contributed by atoms with van der Waals surface area (Å²) >= 11 is 0. The summed E-state index contributed by atoms with van der Waals surface area (Å²) in [6.07, 6.45) is 4.97. The Morgan fingerprint density at radius 1 is 1.16 bits per heavy atom. The first-order valence-corrected chi connectivity index (χ1v) is 6.85. The van der Waals surface area contributed by atoms with Gasteiger partial charge in [-0.2, -0.15) is 0 Å². The lowest BCUT2D eigenvalue weighted by Gasteiger charge is -2.20. The van der Waals surface area contributed by atoms with Crippen molar-refractivity contribution >= 4 is 6.29 Å². The molecule has 3 rings (SSSR count). The summed E-state index contributed by atoms with van der Waals surface area (Å²) in [6.45, 7) is 0. The molecule has 1 heterocycles. The van der Waals surface area contributed by atoms with Crippen LogP contribution in [0.1, 0.15) is 41.3 Å². The van der Waals surface area contributed by atoms with Crippen molar-refractivity contribution in [3.05, 3.63) is 65.0 Å². The standard InChI is InChI=1S/C17H17NO/c19-12-14-7-4-8-17-16(14)10-9-15(18-17)11-13-5-2-1-3-6-13/h1-3,5-6,9-10,12,14H,4,7-8,11H2. The third-order valence-electron chi connectivity index (χ3n) is 3.79. The van der Waals surface area contributed by atoms with E-state index in [-0.39, 0.29) is 5.92 Å². The number of hydrogen-bond acceptors (Lipinski definition) is 2. The quantitative estimate of drug-likeness (QED) is 0.783. The highest BCUT2D eigenvalue weighted by Gasteiger charge is 2.20. The number of hydrogen-bond donors (Lipinski definition) is 0. The van der Waals surface area contributed by atoms with Crippen LogP contribution in [0.25, 0.3) is 0 Å². The monoisotopic (exact) mass is 251 g/mol. The maximum Gasteiger partial charge on any atom is 0.127 e. The van der Waals surface area contributed by atoms with Crippen LogP contribution in [0.15, 0.2) is 42.5 Å². The second-order valence-corrected chi connectivity index (χ2v) is 5.14. The number of carbonyl (C=O) groups is 1. The lowest BCUT2D eigenvalue weighted by molar-refractivity contribution is -0.109. The van der Waals surface area contributed by atoms with E-state index in [1.807, 2.05) is 6.07 Å². The van der Waals surface area contributed by atoms with Crippen LogP contribution < -0.4 is 0 Å². The molecule has 0 aliphatic heterocycles. The van der Waals surface area contributed by atoms with Crippen LogP contribution in [-0.4, -0.2) is 11.3 Å². The number of benzene rings is 1. The average molecular weight is 251 g/mol. The Balaban J connectivity index is 1.87. The first-order chi connectivity index (χ1) is 9.36. The molecule has 0 spiro atoms. The third kappa shape index (κ3) is 2.58. The van der Waals surface area contributed by atoms with E-state index in [4.69, 9.17) is 4.98 Å². The molecule has 0 amide bonds. The number of aromatic nitrogens is 1. The zero-order chi connectivity index (χ0) is 13.1. The van der Waals surface area contributed by atoms with E-state index in [0.29, 0.717) is 0 Å². The van der Waals surface area contributed by atoms with Gasteiger partial charge in [-0.15, -0.1) is 0 Å². The maximum atomic E-state index is 11.1. The van der Waals surface area contributed by atoms with Gasteiger partial charge in [0.2, 0.25) is 0 Å². The van der Waals surface area contributed by atoms with Crippen molar-refractivity contribution in [2.24, 2.45) is 0 Å². The summed E-state index contributed by atoms with van der Waals surface area (Å²) in [5, 5.41) is 0. The predicted molar refractivity (Wildman–Crippen MR) is 75.2 cm³/mol. The molecule has 2 nitrogen and oxygen atoms in total. The molecule has 0 N–H and O–H groups in total. The van der Waals surface area contributed by atoms with Gasteiger partial charge in [0.1, 0.15) is 6.29 Å². The fraction of sp³-hybridized carbons (Fsp3) is 0.294. The molecule has 2 aromatic rings. The molecule has 1 aliphatic rings. The van der Waals surface area contributed by atoms with Crippen LogP contribution in [-0.2, 0) is 17.6 Å². The highest BCUT2D eigenvalue weighted by molar-refractivity contribution is 5.63. The molecular weight excluding hydrogens is 234 g/mol. The van der Waals surface area contributed by atoms with Gasteiger partial charge < -0.3 is 4.79 Å². The minimum atomic E-state index is 0.0574. The van der Waals surface area contributed by atoms with Crippen LogP contribution in [0.3, 0.4) is 0 Å². The minimum Gasteiger partial charge on any atom is -0.303 e. The molecule has 1 aromatic heterocycles. The Morgan fingerprint density at radius 2 is 2.00 bits per heavy atom. The van der Waals surface area contributed by atoms with Gasteiger partial charge in [-0.05, 0) is 36.5 Å². The van der Waals surface area contributed by atoms with Crippen molar-refractivity contribution in [3.63, 3.8) is 0 Å². The summed E-state index contributed by atoms with van der Waals surface area (Å²) in [5.41, 5.74) is 4.63. The lowest BCUT2D eigenvalue weighted by atomic mass is 9.86. The smallest absolute Gasteiger partial charge is 0.127 e. The Kier molecular flexibility index (Phi) is 3.41. The summed E-state index contributed by atoms with van der Waals surface area (Å²) in [4.78, 5) is 15.8. The topological polar surface area (TPSA) is 30.0 Å². The first-order valence-electron chi connectivity index (χ1n) is 6.85. The SMILES string of the molecule is O=CC1CCCc2nc(Cc3ccccc3)ccc21. The molecule has 1 aliphatic carbocycles. The number of aryl methyl sites for hydroxylation is 1. The molecule has 0 saturated carbocycles. The predicted octanol–water partition coefficient (Wildman–Crippen LogP) is 3.29. The normalized spacial score (nSPS) is 17.8. The second kappa shape index (κ2) is 5.35. The van der Waals surface area contributed by atoms with Crippen molar-refractivity contribution in [1.29, 1.82) is 0 Å². The van der Waals surface area contributed by atoms with Gasteiger partial charge in [0.15, 0.2) is 0 Å². The Labute approximate surface area is 113 Å². The van der Waals surface area contributed by atoms with Crippen LogP contribution in [0.4, 0.5) is 0 Å². The average Bonchev–Trinajstić information content (AvgIpc) is 2.47. The number of fused-ring (bicyclic) bond motifs is 1. The van der Waals surface area contributed by atoms with Gasteiger partial charge in [0, 0.05) is 23.7 Å². The van der Waals surface area contributed by atoms with Crippen LogP contribution in [0.2, 0.25) is 0 Å². The zero-order valence-electron chi connectivity index (χ0n) is 10.9. The van der Waals surface area contributed by atoms with Gasteiger partial charge in [0.25, 0.3) is 0 Å². The number of nitrogens with zero attached hydrogens (tertiary/aromatic N) is 1. The highest BCUT2D eigenvalue weighted by Crippen LogP contribution is 2.29. The summed E-state index contributed by atoms with van der Waals surface area (Å²) < 4.78 is 0. The van der Waals surface area contributed by atoms with Gasteiger partial charge in [0.05, 0.1) is 0 Å². The number of pyridine rings is 1. The van der Waals surface area contributed by atoms with Crippen LogP contribution >= 0.6 is 0 Å². The van der Waals surface area contributed by atoms with Crippen molar-refractivity contribution in [2.45, 2.75) is 31.6 Å². The summed E-state index contributed by atoms with van der Waals surface area (Å²) in [5.74, 6) is 0.0574. The van der Waals surface area contributed by atoms with Crippen molar-refractivity contribution < 1.29 is 4.79 Å². The molecule has 0 fully saturated rings. The molecule has 1 unspecified atom stereocenters. The van der Waals surface area contributed by atoms with Crippen LogP contribution in [0, 0.1) is 0 Å². The first kappa shape index (κ1) is 12.1. The maximum absolute atomic E-state index is 11.1. The molecule has 96 valence electrons. The van der Waals surface area contributed by atoms with E-state index in [2.05, 4.69) is 36.4 Å². The largest absolute Gasteiger partial charge is 0.303 e. The number of carbonyl (C=O) groups excluding carboxylic acids is 1. The zero-order valence-corrected chi connectivity index (χ0v) is 10.9. The number of aldehydes is 1. The highest BCUT2D eigenvalue weighted by atomic mass is 16.1. The van der Waals surface area contributed by atoms with Crippen LogP contribution in [0.5, 0.6) is 0 Å². The molecule has 0 radical (unpaired) electrons. The Hall–Kier alpha value is -1.96. The fourth-order valence-electron chi connectivity index (χ4n) is 2.78. The fourth-order valence-corrected chi connectivity index (χ4v) is 2.78. The van der Waals surface area contributed by atoms with Gasteiger partial charge in [-0.25, -0.2) is 0 Å². The van der Waals surface area contributed by atoms with Gasteiger partial charge in [-0.3, -0.25) is 4.98 Å². The summed E-state index contributed by atoms with van der Waals surface area (Å²) in [7, 11) is 0. The van der Waals surface area contributed by atoms with E-state index in [9.17, 15) is 4.79 Å². The Bertz CT molecular complexity index is 577. The molecule has 0 bridgehead atoms. The Morgan fingerprint density at radius 3 is 2.79 bits per heavy atom. The van der Waals surface area contributed by atoms with Crippen molar-refractivity contribution in [2.75, 3.05) is 0 Å². The molecule has 2 heteroatoms. The molecule has 19 heavy (non-hydrogen) atoms. The second-order valence-electron chi connectivity index (χ2n) is 5.14. The van der Waals surface area contributed by atoms with E-state index in [1.165, 1.54) is 5.56 Å². The van der Waals surface area contributed by atoms with E-state index >= 15 is 0 Å². The van der Waals surface area contributed by atoms with E-state index < -0.39 is 0 Å². The number of rotatable bonds is 3. The lowest BCUT2D eigenvalue weighted by Crippen LogP contribution is -2.13. The van der Waals surface area contributed by atoms with E-state index in [0.717, 1.165) is 48.9 Å². The van der Waals surface area contributed by atoms with Crippen molar-refractivity contribution in [1.82, 2.24) is 4.98 Å². The molecule has 1 atom stereocenters. The van der Waals surface area contributed by atoms with Crippen molar-refractivity contribution in [3.8, 4) is 0 Å². The third-order valence-corrected chi connectivity index (χ3v) is 3.79. The molecule has 0 saturated heterocycles. The van der Waals surface area contributed by atoms with Gasteiger partial charge in [-0.1, -0.05) is 36.4 Å². The molecule has 1 aromatic carbocycles. The van der Waals surface area contributed by atoms with Gasteiger partial charge >= 0.3 is 0 Å². The van der Waals surface area contributed by atoms with E-state index in [1.54, 1.807) is 0 Å².